The number of benzene rings is 2. The molecule has 0 aliphatic rings. The molecule has 0 fully saturated rings. The van der Waals surface area contributed by atoms with Crippen molar-refractivity contribution in [1.82, 2.24) is 0 Å². The highest BCUT2D eigenvalue weighted by atomic mass is 32.2. The molecular weight excluding hydrogens is 304 g/mol. The van der Waals surface area contributed by atoms with Crippen LogP contribution in [0.1, 0.15) is 38.8 Å². The second-order valence-corrected chi connectivity index (χ2v) is 8.41. The minimum atomic E-state index is -0.285. The van der Waals surface area contributed by atoms with Gasteiger partial charge in [-0.1, -0.05) is 51.1 Å². The summed E-state index contributed by atoms with van der Waals surface area (Å²) >= 11 is 1.80. The molecule has 122 valence electrons. The van der Waals surface area contributed by atoms with Gasteiger partial charge in [-0.05, 0) is 29.8 Å². The molecule has 2 rings (SSSR count). The van der Waals surface area contributed by atoms with E-state index in [1.165, 1.54) is 4.90 Å². The number of thioether (sulfide) groups is 1. The average Bonchev–Trinajstić information content (AvgIpc) is 2.48. The van der Waals surface area contributed by atoms with E-state index in [-0.39, 0.29) is 23.1 Å². The van der Waals surface area contributed by atoms with Crippen LogP contribution in [0.15, 0.2) is 59.5 Å². The zero-order valence-electron chi connectivity index (χ0n) is 13.9. The highest BCUT2D eigenvalue weighted by Gasteiger charge is 2.13. The molecule has 0 spiro atoms. The van der Waals surface area contributed by atoms with E-state index in [1.54, 1.807) is 11.8 Å². The summed E-state index contributed by atoms with van der Waals surface area (Å²) in [5.41, 5.74) is 7.85. The number of anilines is 1. The first-order valence-electron chi connectivity index (χ1n) is 7.73. The van der Waals surface area contributed by atoms with Gasteiger partial charge in [0.2, 0.25) is 5.91 Å². The fourth-order valence-electron chi connectivity index (χ4n) is 2.19. The molecule has 0 bridgehead atoms. The third-order valence-electron chi connectivity index (χ3n) is 3.20. The van der Waals surface area contributed by atoms with Crippen molar-refractivity contribution in [3.63, 3.8) is 0 Å². The van der Waals surface area contributed by atoms with E-state index in [9.17, 15) is 4.79 Å². The maximum absolute atomic E-state index is 12.1. The third kappa shape index (κ3) is 6.08. The van der Waals surface area contributed by atoms with Gasteiger partial charge in [0.15, 0.2) is 0 Å². The zero-order chi connectivity index (χ0) is 16.9. The van der Waals surface area contributed by atoms with Crippen molar-refractivity contribution in [3.8, 4) is 0 Å². The Hall–Kier alpha value is -1.78. The summed E-state index contributed by atoms with van der Waals surface area (Å²) in [6, 6.07) is 17.3. The maximum Gasteiger partial charge on any atom is 0.226 e. The van der Waals surface area contributed by atoms with Gasteiger partial charge in [-0.2, -0.15) is 0 Å². The van der Waals surface area contributed by atoms with Crippen LogP contribution in [-0.2, 0) is 4.79 Å². The number of carbonyl (C=O) groups is 1. The van der Waals surface area contributed by atoms with E-state index in [4.69, 9.17) is 5.73 Å². The lowest BCUT2D eigenvalue weighted by atomic mass is 10.0. The molecule has 0 saturated heterocycles. The van der Waals surface area contributed by atoms with Gasteiger partial charge in [0.05, 0.1) is 0 Å². The predicted octanol–water partition coefficient (Wildman–Crippen LogP) is 4.61. The first-order valence-corrected chi connectivity index (χ1v) is 8.54. The largest absolute Gasteiger partial charge is 0.326 e. The third-order valence-corrected chi connectivity index (χ3v) is 4.32. The number of hydrogen-bond donors (Lipinski definition) is 2. The molecule has 2 aromatic carbocycles. The summed E-state index contributed by atoms with van der Waals surface area (Å²) in [5.74, 6) is -0.0717. The van der Waals surface area contributed by atoms with Gasteiger partial charge in [0.1, 0.15) is 0 Å². The molecule has 0 aliphatic carbocycles. The van der Waals surface area contributed by atoms with E-state index in [0.29, 0.717) is 0 Å². The van der Waals surface area contributed by atoms with Crippen LogP contribution in [0.2, 0.25) is 0 Å². The lowest BCUT2D eigenvalue weighted by Gasteiger charge is -2.17. The summed E-state index contributed by atoms with van der Waals surface area (Å²) < 4.78 is 0.174. The average molecular weight is 328 g/mol. The van der Waals surface area contributed by atoms with Crippen molar-refractivity contribution in [2.24, 2.45) is 5.73 Å². The molecule has 3 N–H and O–H groups in total. The van der Waals surface area contributed by atoms with Crippen molar-refractivity contribution >= 4 is 23.4 Å². The van der Waals surface area contributed by atoms with E-state index in [2.05, 4.69) is 26.1 Å². The second kappa shape index (κ2) is 7.66. The lowest BCUT2D eigenvalue weighted by molar-refractivity contribution is -0.116. The summed E-state index contributed by atoms with van der Waals surface area (Å²) in [6.45, 7) is 6.54. The Morgan fingerprint density at radius 1 is 1.09 bits per heavy atom. The summed E-state index contributed by atoms with van der Waals surface area (Å²) in [4.78, 5) is 13.3. The van der Waals surface area contributed by atoms with Gasteiger partial charge in [-0.15, -0.1) is 11.8 Å². The minimum Gasteiger partial charge on any atom is -0.326 e. The van der Waals surface area contributed by atoms with Crippen molar-refractivity contribution in [2.45, 2.75) is 42.9 Å². The Balaban J connectivity index is 1.90. The molecule has 4 heteroatoms. The molecule has 0 aliphatic heterocycles. The van der Waals surface area contributed by atoms with Crippen molar-refractivity contribution in [2.75, 3.05) is 5.32 Å². The van der Waals surface area contributed by atoms with Gasteiger partial charge in [0.25, 0.3) is 0 Å². The quantitative estimate of drug-likeness (QED) is 0.788. The lowest BCUT2D eigenvalue weighted by Crippen LogP contribution is -2.20. The first kappa shape index (κ1) is 17.6. The monoisotopic (exact) mass is 328 g/mol. The Morgan fingerprint density at radius 2 is 1.70 bits per heavy atom. The van der Waals surface area contributed by atoms with Crippen LogP contribution in [0.3, 0.4) is 0 Å². The first-order chi connectivity index (χ1) is 10.8. The fourth-order valence-corrected chi connectivity index (χ4v) is 3.17. The molecular formula is C19H24N2OS. The Bertz CT molecular complexity index is 633. The van der Waals surface area contributed by atoms with Gasteiger partial charge >= 0.3 is 0 Å². The SMILES string of the molecule is CC(C)(C)Sc1ccc(NC(=O)CC(N)c2ccccc2)cc1. The number of amides is 1. The smallest absolute Gasteiger partial charge is 0.226 e. The van der Waals surface area contributed by atoms with Crippen molar-refractivity contribution in [1.29, 1.82) is 0 Å². The van der Waals surface area contributed by atoms with Gasteiger partial charge in [0, 0.05) is 27.8 Å². The summed E-state index contributed by atoms with van der Waals surface area (Å²) in [7, 11) is 0. The van der Waals surface area contributed by atoms with Crippen LogP contribution in [0.4, 0.5) is 5.69 Å². The molecule has 0 heterocycles. The van der Waals surface area contributed by atoms with E-state index >= 15 is 0 Å². The zero-order valence-corrected chi connectivity index (χ0v) is 14.7. The van der Waals surface area contributed by atoms with Crippen LogP contribution < -0.4 is 11.1 Å². The molecule has 1 amide bonds. The maximum atomic E-state index is 12.1. The molecule has 0 radical (unpaired) electrons. The topological polar surface area (TPSA) is 55.1 Å². The Morgan fingerprint density at radius 3 is 2.26 bits per heavy atom. The van der Waals surface area contributed by atoms with Crippen LogP contribution in [0.25, 0.3) is 0 Å². The van der Waals surface area contributed by atoms with E-state index < -0.39 is 0 Å². The van der Waals surface area contributed by atoms with Gasteiger partial charge in [-0.3, -0.25) is 4.79 Å². The molecule has 2 aromatic rings. The number of carbonyl (C=O) groups excluding carboxylic acids is 1. The fraction of sp³-hybridized carbons (Fsp3) is 0.316. The summed E-state index contributed by atoms with van der Waals surface area (Å²) in [5, 5.41) is 2.90. The van der Waals surface area contributed by atoms with Crippen LogP contribution in [0, 0.1) is 0 Å². The molecule has 23 heavy (non-hydrogen) atoms. The van der Waals surface area contributed by atoms with Crippen molar-refractivity contribution < 1.29 is 4.79 Å². The molecule has 0 aromatic heterocycles. The molecule has 0 saturated carbocycles. The highest BCUT2D eigenvalue weighted by Crippen LogP contribution is 2.32. The van der Waals surface area contributed by atoms with Crippen LogP contribution >= 0.6 is 11.8 Å². The van der Waals surface area contributed by atoms with Gasteiger partial charge < -0.3 is 11.1 Å². The van der Waals surface area contributed by atoms with E-state index in [1.807, 2.05) is 54.6 Å². The number of hydrogen-bond acceptors (Lipinski definition) is 3. The van der Waals surface area contributed by atoms with Crippen LogP contribution in [-0.4, -0.2) is 10.7 Å². The van der Waals surface area contributed by atoms with Gasteiger partial charge in [-0.25, -0.2) is 0 Å². The minimum absolute atomic E-state index is 0.0717. The van der Waals surface area contributed by atoms with Crippen LogP contribution in [0.5, 0.6) is 0 Å². The predicted molar refractivity (Wildman–Crippen MR) is 98.7 cm³/mol. The second-order valence-electron chi connectivity index (χ2n) is 6.51. The number of nitrogens with two attached hydrogens (primary N) is 1. The Labute approximate surface area is 142 Å². The molecule has 1 atom stereocenters. The normalized spacial score (nSPS) is 12.7. The number of nitrogens with one attached hydrogen (secondary N) is 1. The highest BCUT2D eigenvalue weighted by molar-refractivity contribution is 8.00. The standard InChI is InChI=1S/C19H24N2OS/c1-19(2,3)23-16-11-9-15(10-12-16)21-18(22)13-17(20)14-7-5-4-6-8-14/h4-12,17H,13,20H2,1-3H3,(H,21,22). The van der Waals surface area contributed by atoms with E-state index in [0.717, 1.165) is 11.3 Å². The molecule has 3 nitrogen and oxygen atoms in total. The molecule has 1 unspecified atom stereocenters. The summed E-state index contributed by atoms with van der Waals surface area (Å²) in [6.07, 6.45) is 0.266. The van der Waals surface area contributed by atoms with Crippen molar-refractivity contribution in [3.05, 3.63) is 60.2 Å². The Kier molecular flexibility index (Phi) is 5.85. The number of rotatable bonds is 5.